The smallest absolute Gasteiger partial charge is 0.120 e. The van der Waals surface area contributed by atoms with Crippen molar-refractivity contribution in [3.63, 3.8) is 0 Å². The molecule has 0 heterocycles. The van der Waals surface area contributed by atoms with Gasteiger partial charge in [-0.15, -0.1) is 0 Å². The van der Waals surface area contributed by atoms with E-state index in [9.17, 15) is 9.59 Å². The number of unbranched alkanes of at least 4 members (excludes halogenated alkanes) is 4. The van der Waals surface area contributed by atoms with Crippen LogP contribution in [0.25, 0.3) is 32.3 Å². The van der Waals surface area contributed by atoms with E-state index in [4.69, 9.17) is 0 Å². The van der Waals surface area contributed by atoms with Crippen molar-refractivity contribution in [2.75, 3.05) is 13.6 Å². The van der Waals surface area contributed by atoms with Gasteiger partial charge in [-0.05, 0) is 77.2 Å². The van der Waals surface area contributed by atoms with Crippen molar-refractivity contribution in [1.29, 1.82) is 0 Å². The van der Waals surface area contributed by atoms with E-state index in [1.165, 1.54) is 50.7 Å². The first-order chi connectivity index (χ1) is 14.8. The summed E-state index contributed by atoms with van der Waals surface area (Å²) in [6.07, 6.45) is 8.65. The Hall–Kier alpha value is -2.78. The molecular weight excluding hydrogens is 370 g/mol. The van der Waals surface area contributed by atoms with Gasteiger partial charge in [0.05, 0.1) is 0 Å². The summed E-state index contributed by atoms with van der Waals surface area (Å²) in [5.74, 6) is 0. The fourth-order valence-electron chi connectivity index (χ4n) is 4.10. The van der Waals surface area contributed by atoms with E-state index in [-0.39, 0.29) is 0 Å². The molecule has 4 rings (SSSR count). The van der Waals surface area contributed by atoms with Crippen molar-refractivity contribution in [2.45, 2.75) is 44.9 Å². The van der Waals surface area contributed by atoms with E-state index in [0.29, 0.717) is 6.42 Å². The number of benzene rings is 4. The van der Waals surface area contributed by atoms with Gasteiger partial charge in [0.15, 0.2) is 0 Å². The van der Waals surface area contributed by atoms with Crippen LogP contribution in [0.1, 0.15) is 44.1 Å². The zero-order chi connectivity index (χ0) is 21.2. The summed E-state index contributed by atoms with van der Waals surface area (Å²) >= 11 is 0. The van der Waals surface area contributed by atoms with E-state index < -0.39 is 0 Å². The van der Waals surface area contributed by atoms with Gasteiger partial charge in [0.1, 0.15) is 12.6 Å². The predicted octanol–water partition coefficient (Wildman–Crippen LogP) is 6.07. The number of rotatable bonds is 10. The molecule has 0 aliphatic rings. The second-order valence-corrected chi connectivity index (χ2v) is 7.76. The monoisotopic (exact) mass is 401 g/mol. The first-order valence-corrected chi connectivity index (χ1v) is 11.0. The van der Waals surface area contributed by atoms with Crippen LogP contribution in [0.4, 0.5) is 0 Å². The van der Waals surface area contributed by atoms with Crippen LogP contribution >= 0.6 is 0 Å². The molecule has 0 fully saturated rings. The van der Waals surface area contributed by atoms with Gasteiger partial charge in [-0.1, -0.05) is 61.0 Å². The topological polar surface area (TPSA) is 46.2 Å². The maximum atomic E-state index is 10.5. The molecule has 4 aromatic carbocycles. The summed E-state index contributed by atoms with van der Waals surface area (Å²) in [4.78, 5) is 20.4. The molecule has 0 unspecified atom stereocenters. The summed E-state index contributed by atoms with van der Waals surface area (Å²) in [7, 11) is 1.94. The maximum absolute atomic E-state index is 10.5. The Morgan fingerprint density at radius 3 is 2.03 bits per heavy atom. The minimum Gasteiger partial charge on any atom is -0.320 e. The van der Waals surface area contributed by atoms with Crippen LogP contribution in [0.2, 0.25) is 0 Å². The largest absolute Gasteiger partial charge is 0.320 e. The number of hydrogen-bond donors (Lipinski definition) is 1. The summed E-state index contributed by atoms with van der Waals surface area (Å²) < 4.78 is 0. The molecule has 0 radical (unpaired) electrons. The summed E-state index contributed by atoms with van der Waals surface area (Å²) in [6, 6.07) is 19.8. The van der Waals surface area contributed by atoms with Crippen LogP contribution < -0.4 is 5.32 Å². The van der Waals surface area contributed by atoms with Crippen molar-refractivity contribution in [1.82, 2.24) is 5.32 Å². The normalized spacial score (nSPS) is 11.0. The molecule has 0 saturated heterocycles. The van der Waals surface area contributed by atoms with Gasteiger partial charge >= 0.3 is 0 Å². The molecule has 1 N–H and O–H groups in total. The molecule has 30 heavy (non-hydrogen) atoms. The molecule has 0 saturated carbocycles. The Morgan fingerprint density at radius 1 is 0.700 bits per heavy atom. The number of aryl methyl sites for hydroxylation is 1. The summed E-state index contributed by atoms with van der Waals surface area (Å²) in [5, 5.41) is 11.0. The molecule has 156 valence electrons. The van der Waals surface area contributed by atoms with Crippen LogP contribution in [0.5, 0.6) is 0 Å². The lowest BCUT2D eigenvalue weighted by Gasteiger charge is -2.13. The van der Waals surface area contributed by atoms with Crippen LogP contribution in [-0.4, -0.2) is 26.2 Å². The molecule has 0 aliphatic carbocycles. The fraction of sp³-hybridized carbons (Fsp3) is 0.333. The molecule has 0 aliphatic heterocycles. The molecular formula is C27H31NO2. The minimum absolute atomic E-state index is 0.641. The Labute approximate surface area is 178 Å². The SMILES string of the molecule is CNCCCCCC=O.O=CCCCc1ccc2ccc3cccc4ccc1c2c34. The van der Waals surface area contributed by atoms with Crippen molar-refractivity contribution >= 4 is 44.9 Å². The zero-order valence-electron chi connectivity index (χ0n) is 17.8. The van der Waals surface area contributed by atoms with Gasteiger partial charge in [0, 0.05) is 12.8 Å². The molecule has 0 amide bonds. The van der Waals surface area contributed by atoms with E-state index in [2.05, 4.69) is 59.9 Å². The van der Waals surface area contributed by atoms with Gasteiger partial charge in [-0.3, -0.25) is 0 Å². The first-order valence-electron chi connectivity index (χ1n) is 11.0. The highest BCUT2D eigenvalue weighted by Crippen LogP contribution is 2.36. The number of carbonyl (C=O) groups is 2. The maximum Gasteiger partial charge on any atom is 0.120 e. The molecule has 0 spiro atoms. The zero-order valence-corrected chi connectivity index (χ0v) is 17.8. The number of carbonyl (C=O) groups excluding carboxylic acids is 2. The van der Waals surface area contributed by atoms with Gasteiger partial charge in [0.2, 0.25) is 0 Å². The van der Waals surface area contributed by atoms with Gasteiger partial charge < -0.3 is 14.9 Å². The van der Waals surface area contributed by atoms with Gasteiger partial charge in [-0.25, -0.2) is 0 Å². The Bertz CT molecular complexity index is 1070. The molecule has 4 aromatic rings. The molecule has 0 aromatic heterocycles. The third-order valence-electron chi connectivity index (χ3n) is 5.64. The van der Waals surface area contributed by atoms with Crippen molar-refractivity contribution in [3.8, 4) is 0 Å². The third-order valence-corrected chi connectivity index (χ3v) is 5.64. The van der Waals surface area contributed by atoms with E-state index >= 15 is 0 Å². The summed E-state index contributed by atoms with van der Waals surface area (Å²) in [5.41, 5.74) is 1.35. The minimum atomic E-state index is 0.641. The van der Waals surface area contributed by atoms with Crippen molar-refractivity contribution in [3.05, 3.63) is 60.2 Å². The van der Waals surface area contributed by atoms with Crippen LogP contribution in [0.15, 0.2) is 54.6 Å². The quantitative estimate of drug-likeness (QED) is 0.199. The van der Waals surface area contributed by atoms with E-state index in [1.807, 2.05) is 7.05 Å². The lowest BCUT2D eigenvalue weighted by molar-refractivity contribution is -0.108. The molecule has 3 nitrogen and oxygen atoms in total. The van der Waals surface area contributed by atoms with Crippen LogP contribution in [0, 0.1) is 0 Å². The number of nitrogens with one attached hydrogen (secondary N) is 1. The lowest BCUT2D eigenvalue weighted by Crippen LogP contribution is -2.06. The molecule has 3 heteroatoms. The van der Waals surface area contributed by atoms with Crippen LogP contribution in [0.3, 0.4) is 0 Å². The summed E-state index contributed by atoms with van der Waals surface area (Å²) in [6.45, 7) is 1.07. The Balaban J connectivity index is 0.000000244. The number of aldehydes is 2. The van der Waals surface area contributed by atoms with Crippen LogP contribution in [-0.2, 0) is 16.0 Å². The Morgan fingerprint density at radius 2 is 1.33 bits per heavy atom. The van der Waals surface area contributed by atoms with E-state index in [1.54, 1.807) is 0 Å². The highest BCUT2D eigenvalue weighted by molar-refractivity contribution is 6.23. The molecule has 0 atom stereocenters. The third kappa shape index (κ3) is 5.22. The fourth-order valence-corrected chi connectivity index (χ4v) is 4.10. The highest BCUT2D eigenvalue weighted by atomic mass is 16.1. The second-order valence-electron chi connectivity index (χ2n) is 7.76. The van der Waals surface area contributed by atoms with Gasteiger partial charge in [-0.2, -0.15) is 0 Å². The van der Waals surface area contributed by atoms with E-state index in [0.717, 1.165) is 44.8 Å². The standard InChI is InChI=1S/C20H16O.C7H15NO/c21-13-2-1-4-14-7-8-17-10-9-15-5-3-6-16-11-12-18(14)20(17)19(15)16;1-8-6-4-2-3-5-7-9/h3,5-13H,1-2,4H2;7-8H,2-6H2,1H3. The Kier molecular flexibility index (Phi) is 8.34. The highest BCUT2D eigenvalue weighted by Gasteiger charge is 2.10. The second kappa shape index (κ2) is 11.4. The number of hydrogen-bond acceptors (Lipinski definition) is 3. The van der Waals surface area contributed by atoms with Crippen molar-refractivity contribution in [2.24, 2.45) is 0 Å². The average molecular weight is 402 g/mol. The average Bonchev–Trinajstić information content (AvgIpc) is 2.79. The molecule has 0 bridgehead atoms. The first kappa shape index (κ1) is 21.9. The van der Waals surface area contributed by atoms with Gasteiger partial charge in [0.25, 0.3) is 0 Å². The lowest BCUT2D eigenvalue weighted by atomic mass is 9.91. The van der Waals surface area contributed by atoms with Crippen molar-refractivity contribution < 1.29 is 9.59 Å². The predicted molar refractivity (Wildman–Crippen MR) is 128 cm³/mol.